The molecule has 158 valence electrons. The van der Waals surface area contributed by atoms with E-state index in [1.165, 1.54) is 0 Å². The molecule has 8 atom stereocenters. The van der Waals surface area contributed by atoms with Gasteiger partial charge in [-0.3, -0.25) is 4.79 Å². The third kappa shape index (κ3) is 2.97. The van der Waals surface area contributed by atoms with Crippen molar-refractivity contribution in [3.8, 4) is 12.3 Å². The summed E-state index contributed by atoms with van der Waals surface area (Å²) in [7, 11) is 3.48. The molecule has 0 unspecified atom stereocenters. The predicted molar refractivity (Wildman–Crippen MR) is 110 cm³/mol. The first-order valence-corrected chi connectivity index (χ1v) is 10.8. The summed E-state index contributed by atoms with van der Waals surface area (Å²) in [6.45, 7) is 9.19. The standard InChI is InChI=1S/C24H38O4/c1-8-11-22(4)14-19(28-15-26-6)23(5)16(2)9-12-24(17(3)21(22)25)13-10-18(27-7)20(23)24/h1,16-20H,9-15H2,2-7H3/t16-,17+,18-,19+,20-,22-,23+,24+/m1/s1. The molecule has 0 aromatic carbocycles. The molecule has 3 rings (SSSR count). The van der Waals surface area contributed by atoms with Crippen molar-refractivity contribution in [2.75, 3.05) is 21.0 Å². The summed E-state index contributed by atoms with van der Waals surface area (Å²) in [5.74, 6) is 3.89. The van der Waals surface area contributed by atoms with Gasteiger partial charge in [0.25, 0.3) is 0 Å². The van der Waals surface area contributed by atoms with Crippen LogP contribution in [-0.2, 0) is 19.0 Å². The lowest BCUT2D eigenvalue weighted by Crippen LogP contribution is -2.62. The summed E-state index contributed by atoms with van der Waals surface area (Å²) < 4.78 is 17.7. The highest BCUT2D eigenvalue weighted by atomic mass is 16.7. The van der Waals surface area contributed by atoms with Gasteiger partial charge in [0, 0.05) is 37.4 Å². The molecular weight excluding hydrogens is 352 g/mol. The van der Waals surface area contributed by atoms with E-state index in [9.17, 15) is 4.79 Å². The molecule has 4 nitrogen and oxygen atoms in total. The van der Waals surface area contributed by atoms with Gasteiger partial charge in [0.2, 0.25) is 0 Å². The fraction of sp³-hybridized carbons (Fsp3) is 0.875. The number of methoxy groups -OCH3 is 2. The fourth-order valence-corrected chi connectivity index (χ4v) is 7.27. The summed E-state index contributed by atoms with van der Waals surface area (Å²) in [4.78, 5) is 13.8. The van der Waals surface area contributed by atoms with Crippen molar-refractivity contribution in [3.63, 3.8) is 0 Å². The normalized spacial score (nSPS) is 48.5. The van der Waals surface area contributed by atoms with Crippen LogP contribution in [0.1, 0.15) is 66.2 Å². The number of carbonyl (C=O) groups excluding carboxylic acids is 1. The van der Waals surface area contributed by atoms with Gasteiger partial charge in [-0.2, -0.15) is 0 Å². The van der Waals surface area contributed by atoms with E-state index in [1.54, 1.807) is 7.11 Å². The van der Waals surface area contributed by atoms with Crippen molar-refractivity contribution in [3.05, 3.63) is 0 Å². The van der Waals surface area contributed by atoms with Crippen LogP contribution in [0.25, 0.3) is 0 Å². The molecule has 0 aliphatic heterocycles. The Bertz CT molecular complexity index is 639. The Labute approximate surface area is 171 Å². The van der Waals surface area contributed by atoms with Gasteiger partial charge in [-0.25, -0.2) is 0 Å². The molecule has 3 saturated carbocycles. The second-order valence-corrected chi connectivity index (χ2v) is 10.1. The summed E-state index contributed by atoms with van der Waals surface area (Å²) in [6, 6.07) is 0. The number of terminal acetylenes is 1. The monoisotopic (exact) mass is 390 g/mol. The van der Waals surface area contributed by atoms with Crippen LogP contribution in [0.5, 0.6) is 0 Å². The molecule has 3 aliphatic rings. The van der Waals surface area contributed by atoms with E-state index >= 15 is 0 Å². The third-order valence-electron chi connectivity index (χ3n) is 9.02. The zero-order valence-corrected chi connectivity index (χ0v) is 18.5. The SMILES string of the molecule is C#CC[C@]1(C)C[C@H](OCOC)[C@]2(C)[C@H](C)CC[C@]3(CC[C@@H](OC)[C@@H]32)[C@@H](C)C1=O. The van der Waals surface area contributed by atoms with E-state index in [0.717, 1.165) is 25.7 Å². The van der Waals surface area contributed by atoms with E-state index in [1.807, 2.05) is 7.11 Å². The average molecular weight is 391 g/mol. The molecule has 0 aromatic heterocycles. The average Bonchev–Trinajstić information content (AvgIpc) is 3.07. The fourth-order valence-electron chi connectivity index (χ4n) is 7.27. The van der Waals surface area contributed by atoms with Gasteiger partial charge in [0.1, 0.15) is 12.6 Å². The topological polar surface area (TPSA) is 44.8 Å². The van der Waals surface area contributed by atoms with E-state index in [0.29, 0.717) is 30.5 Å². The Hall–Kier alpha value is -0.890. The van der Waals surface area contributed by atoms with Crippen molar-refractivity contribution in [1.82, 2.24) is 0 Å². The van der Waals surface area contributed by atoms with Crippen LogP contribution < -0.4 is 0 Å². The zero-order chi connectivity index (χ0) is 20.7. The van der Waals surface area contributed by atoms with Gasteiger partial charge >= 0.3 is 0 Å². The number of hydrogen-bond donors (Lipinski definition) is 0. The zero-order valence-electron chi connectivity index (χ0n) is 18.5. The van der Waals surface area contributed by atoms with Gasteiger partial charge in [-0.15, -0.1) is 12.3 Å². The first-order valence-electron chi connectivity index (χ1n) is 10.8. The maximum Gasteiger partial charge on any atom is 0.146 e. The second-order valence-electron chi connectivity index (χ2n) is 10.1. The van der Waals surface area contributed by atoms with Crippen LogP contribution in [0, 0.1) is 46.3 Å². The quantitative estimate of drug-likeness (QED) is 0.513. The Morgan fingerprint density at radius 1 is 1.18 bits per heavy atom. The minimum absolute atomic E-state index is 0.00815. The Balaban J connectivity index is 2.19. The first-order chi connectivity index (χ1) is 13.2. The molecule has 0 saturated heterocycles. The van der Waals surface area contributed by atoms with E-state index in [2.05, 4.69) is 33.6 Å². The number of carbonyl (C=O) groups is 1. The highest BCUT2D eigenvalue weighted by Crippen LogP contribution is 2.68. The van der Waals surface area contributed by atoms with E-state index < -0.39 is 5.41 Å². The number of rotatable bonds is 5. The molecule has 0 amide bonds. The number of ketones is 1. The Morgan fingerprint density at radius 2 is 1.86 bits per heavy atom. The lowest BCUT2D eigenvalue weighted by Gasteiger charge is -2.62. The van der Waals surface area contributed by atoms with Crippen molar-refractivity contribution >= 4 is 5.78 Å². The summed E-state index contributed by atoms with van der Waals surface area (Å²) in [5.41, 5.74) is -0.670. The summed E-state index contributed by atoms with van der Waals surface area (Å²) >= 11 is 0. The van der Waals surface area contributed by atoms with E-state index in [4.69, 9.17) is 20.6 Å². The second kappa shape index (κ2) is 7.74. The van der Waals surface area contributed by atoms with Crippen molar-refractivity contribution < 1.29 is 19.0 Å². The maximum atomic E-state index is 13.8. The number of Topliss-reactive ketones (excluding diaryl/α,β-unsaturated/α-hetero) is 1. The molecule has 0 radical (unpaired) electrons. The van der Waals surface area contributed by atoms with Gasteiger partial charge in [0.15, 0.2) is 0 Å². The Morgan fingerprint density at radius 3 is 2.46 bits per heavy atom. The van der Waals surface area contributed by atoms with Crippen LogP contribution in [0.4, 0.5) is 0 Å². The lowest BCUT2D eigenvalue weighted by molar-refractivity contribution is -0.219. The Kier molecular flexibility index (Phi) is 6.03. The van der Waals surface area contributed by atoms with Gasteiger partial charge in [-0.1, -0.05) is 27.7 Å². The molecule has 2 bridgehead atoms. The minimum Gasteiger partial charge on any atom is -0.381 e. The molecule has 0 spiro atoms. The van der Waals surface area contributed by atoms with Crippen molar-refractivity contribution in [1.29, 1.82) is 0 Å². The summed E-state index contributed by atoms with van der Waals surface area (Å²) in [5, 5.41) is 0. The molecule has 0 N–H and O–H groups in total. The number of hydrogen-bond acceptors (Lipinski definition) is 4. The molecule has 28 heavy (non-hydrogen) atoms. The van der Waals surface area contributed by atoms with Gasteiger partial charge in [-0.05, 0) is 49.4 Å². The minimum atomic E-state index is -0.561. The third-order valence-corrected chi connectivity index (χ3v) is 9.02. The maximum absolute atomic E-state index is 13.8. The highest BCUT2D eigenvalue weighted by Gasteiger charge is 2.68. The van der Waals surface area contributed by atoms with Crippen LogP contribution in [-0.4, -0.2) is 39.0 Å². The van der Waals surface area contributed by atoms with Crippen LogP contribution >= 0.6 is 0 Å². The molecule has 4 heteroatoms. The van der Waals surface area contributed by atoms with E-state index in [-0.39, 0.29) is 35.7 Å². The van der Waals surface area contributed by atoms with Gasteiger partial charge < -0.3 is 14.2 Å². The molecule has 3 aliphatic carbocycles. The lowest BCUT2D eigenvalue weighted by atomic mass is 9.44. The molecule has 3 fully saturated rings. The molecular formula is C24H38O4. The van der Waals surface area contributed by atoms with Crippen LogP contribution in [0.15, 0.2) is 0 Å². The summed E-state index contributed by atoms with van der Waals surface area (Å²) in [6.07, 6.45) is 11.2. The predicted octanol–water partition coefficient (Wildman–Crippen LogP) is 4.46. The molecule has 0 heterocycles. The van der Waals surface area contributed by atoms with Crippen molar-refractivity contribution in [2.24, 2.45) is 34.0 Å². The number of ether oxygens (including phenoxy) is 3. The first kappa shape index (κ1) is 21.8. The smallest absolute Gasteiger partial charge is 0.146 e. The largest absolute Gasteiger partial charge is 0.381 e. The highest BCUT2D eigenvalue weighted by molar-refractivity contribution is 5.88. The van der Waals surface area contributed by atoms with Gasteiger partial charge in [0.05, 0.1) is 12.2 Å². The van der Waals surface area contributed by atoms with Crippen molar-refractivity contribution in [2.45, 2.75) is 78.4 Å². The van der Waals surface area contributed by atoms with Crippen LogP contribution in [0.2, 0.25) is 0 Å². The molecule has 0 aromatic rings. The van der Waals surface area contributed by atoms with Crippen LogP contribution in [0.3, 0.4) is 0 Å².